The zero-order valence-electron chi connectivity index (χ0n) is 51.6. The van der Waals surface area contributed by atoms with Crippen molar-refractivity contribution < 1.29 is 0 Å². The van der Waals surface area contributed by atoms with Crippen molar-refractivity contribution in [1.82, 2.24) is 37.4 Å². The standard InChI is InChI=1S/C88H52N8/c1-9-25-75-61(17-1)62-18-2-10-26-76(62)91(75)55-36-42-83-70(47-55)69-41-35-58(95-81-31-15-7-23-67(81)68-24-8-16-32-82(68)95)52-86(69)96(83)54-34-40-60-59-39-33-53(50-73(59)87-88(74(60)51-54)90-46-45-89-87)94-84-43-37-56(92-77-27-11-3-19-63(77)64-20-4-12-28-78(64)92)48-71(84)72-49-57(38-44-85(72)94)93-79-29-13-5-21-65(79)66-22-6-14-30-80(66)93/h1-52H. The molecule has 0 atom stereocenters. The van der Waals surface area contributed by atoms with E-state index >= 15 is 0 Å². The zero-order valence-corrected chi connectivity index (χ0v) is 51.6. The van der Waals surface area contributed by atoms with E-state index in [1.54, 1.807) is 0 Å². The Labute approximate surface area is 547 Å². The lowest BCUT2D eigenvalue weighted by molar-refractivity contribution is 1.15. The summed E-state index contributed by atoms with van der Waals surface area (Å²) in [6.07, 6.45) is 3.68. The summed E-state index contributed by atoms with van der Waals surface area (Å²) in [5.74, 6) is 0. The third-order valence-corrected chi connectivity index (χ3v) is 20.8. The van der Waals surface area contributed by atoms with Crippen LogP contribution in [0.15, 0.2) is 316 Å². The zero-order chi connectivity index (χ0) is 62.4. The maximum Gasteiger partial charge on any atom is 0.0972 e. The van der Waals surface area contributed by atoms with Crippen LogP contribution >= 0.6 is 0 Å². The molecule has 444 valence electrons. The second kappa shape index (κ2) is 19.3. The average Bonchev–Trinajstić information content (AvgIpc) is 1.48. The molecule has 0 bridgehead atoms. The third-order valence-electron chi connectivity index (χ3n) is 20.8. The summed E-state index contributed by atoms with van der Waals surface area (Å²) in [7, 11) is 0. The molecule has 0 saturated carbocycles. The Morgan fingerprint density at radius 2 is 0.344 bits per heavy atom. The van der Waals surface area contributed by atoms with Gasteiger partial charge in [-0.2, -0.15) is 0 Å². The van der Waals surface area contributed by atoms with Gasteiger partial charge in [-0.25, -0.2) is 0 Å². The number of para-hydroxylation sites is 8. The fourth-order valence-electron chi connectivity index (χ4n) is 16.8. The van der Waals surface area contributed by atoms with Crippen LogP contribution in [0.25, 0.3) is 198 Å². The van der Waals surface area contributed by atoms with E-state index in [1.165, 1.54) is 98.0 Å². The SMILES string of the molecule is c1ccc2c(c1)c1ccccc1n2-c1ccc2c(c1)c1cc(-n3c4ccccc4c4ccccc43)ccc1n2-c1ccc2c3ccc(-n4c5ccc(-n6c7ccccc7c7ccccc76)cc5c5ccc(-n6c7ccccc7c7ccccc76)cc54)cc3c3nccnc3c2c1. The van der Waals surface area contributed by atoms with Crippen LogP contribution in [0.5, 0.6) is 0 Å². The summed E-state index contributed by atoms with van der Waals surface area (Å²) in [4.78, 5) is 10.5. The number of aromatic nitrogens is 8. The normalized spacial score (nSPS) is 12.4. The molecule has 0 saturated heterocycles. The summed E-state index contributed by atoms with van der Waals surface area (Å²) in [5, 5.41) is 18.9. The van der Waals surface area contributed by atoms with E-state index in [0.717, 1.165) is 99.5 Å². The van der Waals surface area contributed by atoms with E-state index in [4.69, 9.17) is 9.97 Å². The highest BCUT2D eigenvalue weighted by Gasteiger charge is 2.24. The lowest BCUT2D eigenvalue weighted by Gasteiger charge is -2.15. The Kier molecular flexibility index (Phi) is 10.4. The van der Waals surface area contributed by atoms with Gasteiger partial charge in [0.05, 0.1) is 77.2 Å². The van der Waals surface area contributed by atoms with Gasteiger partial charge in [-0.3, -0.25) is 9.97 Å². The molecule has 22 rings (SSSR count). The van der Waals surface area contributed by atoms with Gasteiger partial charge in [0.2, 0.25) is 0 Å². The lowest BCUT2D eigenvalue weighted by atomic mass is 9.98. The largest absolute Gasteiger partial charge is 0.309 e. The van der Waals surface area contributed by atoms with Gasteiger partial charge in [-0.1, -0.05) is 164 Å². The lowest BCUT2D eigenvalue weighted by Crippen LogP contribution is -1.99. The van der Waals surface area contributed by atoms with Crippen LogP contribution in [-0.2, 0) is 0 Å². The summed E-state index contributed by atoms with van der Waals surface area (Å²) < 4.78 is 14.6. The van der Waals surface area contributed by atoms with Crippen LogP contribution in [0.4, 0.5) is 0 Å². The first-order chi connectivity index (χ1) is 47.6. The second-order valence-corrected chi connectivity index (χ2v) is 25.7. The fraction of sp³-hybridized carbons (Fsp3) is 0. The molecule has 8 heteroatoms. The number of fused-ring (bicyclic) bond motifs is 24. The highest BCUT2D eigenvalue weighted by Crippen LogP contribution is 2.45. The maximum absolute atomic E-state index is 5.26. The summed E-state index contributed by atoms with van der Waals surface area (Å²) in [6.45, 7) is 0. The van der Waals surface area contributed by atoms with Crippen molar-refractivity contribution in [3.63, 3.8) is 0 Å². The quantitative estimate of drug-likeness (QED) is 0.156. The van der Waals surface area contributed by atoms with E-state index in [9.17, 15) is 0 Å². The summed E-state index contributed by atoms with van der Waals surface area (Å²) >= 11 is 0. The van der Waals surface area contributed by atoms with Gasteiger partial charge in [0.1, 0.15) is 0 Å². The second-order valence-electron chi connectivity index (χ2n) is 25.7. The van der Waals surface area contributed by atoms with E-state index in [-0.39, 0.29) is 0 Å². The molecule has 0 spiro atoms. The molecule has 0 amide bonds. The molecule has 22 aromatic rings. The van der Waals surface area contributed by atoms with Gasteiger partial charge in [0.25, 0.3) is 0 Å². The van der Waals surface area contributed by atoms with Crippen LogP contribution in [0.2, 0.25) is 0 Å². The minimum absolute atomic E-state index is 0.855. The van der Waals surface area contributed by atoms with Gasteiger partial charge >= 0.3 is 0 Å². The molecule has 7 aromatic heterocycles. The maximum atomic E-state index is 5.26. The Bertz CT molecular complexity index is 6760. The summed E-state index contributed by atoms with van der Waals surface area (Å²) in [6, 6.07) is 112. The van der Waals surface area contributed by atoms with Crippen molar-refractivity contribution in [2.75, 3.05) is 0 Å². The molecule has 0 fully saturated rings. The highest BCUT2D eigenvalue weighted by molar-refractivity contribution is 6.25. The Morgan fingerprint density at radius 3 is 0.635 bits per heavy atom. The Morgan fingerprint density at radius 1 is 0.146 bits per heavy atom. The molecule has 96 heavy (non-hydrogen) atoms. The van der Waals surface area contributed by atoms with Crippen LogP contribution in [0.1, 0.15) is 0 Å². The predicted octanol–water partition coefficient (Wildman–Crippen LogP) is 22.5. The van der Waals surface area contributed by atoms with E-state index in [0.29, 0.717) is 0 Å². The highest BCUT2D eigenvalue weighted by atomic mass is 15.0. The molecule has 0 unspecified atom stereocenters. The first kappa shape index (κ1) is 51.6. The minimum atomic E-state index is 0.855. The van der Waals surface area contributed by atoms with Crippen molar-refractivity contribution in [3.8, 4) is 34.1 Å². The number of nitrogens with zero attached hydrogens (tertiary/aromatic N) is 8. The van der Waals surface area contributed by atoms with Crippen LogP contribution in [0.3, 0.4) is 0 Å². The van der Waals surface area contributed by atoms with Crippen molar-refractivity contribution in [1.29, 1.82) is 0 Å². The monoisotopic (exact) mass is 1220 g/mol. The number of benzene rings is 15. The summed E-state index contributed by atoms with van der Waals surface area (Å²) in [5.41, 5.74) is 22.1. The molecule has 0 N–H and O–H groups in total. The molecule has 7 heterocycles. The molecule has 0 radical (unpaired) electrons. The molecule has 8 nitrogen and oxygen atoms in total. The van der Waals surface area contributed by atoms with Gasteiger partial charge in [0.15, 0.2) is 0 Å². The van der Waals surface area contributed by atoms with Crippen LogP contribution in [0, 0.1) is 0 Å². The van der Waals surface area contributed by atoms with Gasteiger partial charge in [0, 0.05) is 122 Å². The average molecular weight is 1220 g/mol. The van der Waals surface area contributed by atoms with E-state index in [2.05, 4.69) is 331 Å². The van der Waals surface area contributed by atoms with Crippen molar-refractivity contribution in [2.24, 2.45) is 0 Å². The van der Waals surface area contributed by atoms with E-state index in [1.807, 2.05) is 12.4 Å². The number of hydrogen-bond donors (Lipinski definition) is 0. The van der Waals surface area contributed by atoms with E-state index < -0.39 is 0 Å². The van der Waals surface area contributed by atoms with Crippen molar-refractivity contribution in [3.05, 3.63) is 316 Å². The molecular formula is C88H52N8. The fourth-order valence-corrected chi connectivity index (χ4v) is 16.8. The molecule has 0 aliphatic carbocycles. The van der Waals surface area contributed by atoms with Crippen molar-refractivity contribution >= 4 is 163 Å². The smallest absolute Gasteiger partial charge is 0.0972 e. The van der Waals surface area contributed by atoms with Crippen LogP contribution < -0.4 is 0 Å². The van der Waals surface area contributed by atoms with Gasteiger partial charge in [-0.05, 0) is 150 Å². The number of hydrogen-bond acceptors (Lipinski definition) is 2. The first-order valence-corrected chi connectivity index (χ1v) is 32.9. The molecule has 0 aliphatic rings. The van der Waals surface area contributed by atoms with Crippen LogP contribution in [-0.4, -0.2) is 37.4 Å². The van der Waals surface area contributed by atoms with Crippen molar-refractivity contribution in [2.45, 2.75) is 0 Å². The molecule has 15 aromatic carbocycles. The molecular weight excluding hydrogens is 1170 g/mol. The Hall–Kier alpha value is -13.0. The predicted molar refractivity (Wildman–Crippen MR) is 401 cm³/mol. The third kappa shape index (κ3) is 7.00. The molecule has 0 aliphatic heterocycles. The minimum Gasteiger partial charge on any atom is -0.309 e. The van der Waals surface area contributed by atoms with Gasteiger partial charge < -0.3 is 27.4 Å². The topological polar surface area (TPSA) is 55.4 Å². The Balaban J connectivity index is 0.757. The van der Waals surface area contributed by atoms with Gasteiger partial charge in [-0.15, -0.1) is 0 Å². The number of rotatable bonds is 6. The first-order valence-electron chi connectivity index (χ1n) is 32.9.